The van der Waals surface area contributed by atoms with E-state index in [1.54, 1.807) is 0 Å². The maximum absolute atomic E-state index is 10.1. The number of likely N-dealkylation sites (N-methyl/N-ethyl adjacent to an activating group) is 1. The molecule has 0 spiro atoms. The Bertz CT molecular complexity index is 1010. The topological polar surface area (TPSA) is 51.3 Å². The second-order valence-electron chi connectivity index (χ2n) is 8.80. The zero-order valence-electron chi connectivity index (χ0n) is 16.7. The van der Waals surface area contributed by atoms with Gasteiger partial charge in [-0.2, -0.15) is 0 Å². The summed E-state index contributed by atoms with van der Waals surface area (Å²) in [6.45, 7) is 4.45. The lowest BCUT2D eigenvalue weighted by Crippen LogP contribution is -2.66. The van der Waals surface area contributed by atoms with Gasteiger partial charge in [-0.25, -0.2) is 0 Å². The van der Waals surface area contributed by atoms with Gasteiger partial charge >= 0.3 is 0 Å². The van der Waals surface area contributed by atoms with Crippen LogP contribution in [0.1, 0.15) is 30.0 Å². The van der Waals surface area contributed by atoms with Crippen LogP contribution in [0.2, 0.25) is 0 Å². The first-order valence-electron chi connectivity index (χ1n) is 10.4. The lowest BCUT2D eigenvalue weighted by molar-refractivity contribution is 0.0663. The highest BCUT2D eigenvalue weighted by Gasteiger charge is 2.49. The van der Waals surface area contributed by atoms with Gasteiger partial charge in [0, 0.05) is 34.6 Å². The molecule has 28 heavy (non-hydrogen) atoms. The first-order valence-corrected chi connectivity index (χ1v) is 10.4. The van der Waals surface area contributed by atoms with Crippen LogP contribution in [-0.4, -0.2) is 47.2 Å². The normalized spacial score (nSPS) is 27.1. The van der Waals surface area contributed by atoms with E-state index in [9.17, 15) is 5.11 Å². The van der Waals surface area contributed by atoms with Crippen molar-refractivity contribution in [3.8, 4) is 5.75 Å². The fraction of sp³-hybridized carbons (Fsp3) is 0.417. The van der Waals surface area contributed by atoms with Crippen molar-refractivity contribution in [3.05, 3.63) is 65.4 Å². The van der Waals surface area contributed by atoms with Gasteiger partial charge in [0.1, 0.15) is 5.75 Å². The van der Waals surface area contributed by atoms with Crippen molar-refractivity contribution >= 4 is 10.9 Å². The Kier molecular flexibility index (Phi) is 4.22. The van der Waals surface area contributed by atoms with Crippen LogP contribution in [0.4, 0.5) is 0 Å². The zero-order chi connectivity index (χ0) is 19.3. The summed E-state index contributed by atoms with van der Waals surface area (Å²) in [5.41, 5.74) is 5.38. The molecule has 146 valence electrons. The van der Waals surface area contributed by atoms with E-state index in [-0.39, 0.29) is 5.41 Å². The molecule has 3 atom stereocenters. The Hall–Kier alpha value is -2.30. The fourth-order valence-electron chi connectivity index (χ4n) is 5.55. The minimum absolute atomic E-state index is 0.0592. The number of piperidine rings is 1. The van der Waals surface area contributed by atoms with Gasteiger partial charge in [0.05, 0.1) is 0 Å². The van der Waals surface area contributed by atoms with E-state index >= 15 is 0 Å². The average Bonchev–Trinajstić information content (AvgIpc) is 3.10. The van der Waals surface area contributed by atoms with Gasteiger partial charge in [0.25, 0.3) is 0 Å². The molecule has 1 fully saturated rings. The minimum atomic E-state index is 0.0592. The number of fused-ring (bicyclic) bond motifs is 5. The number of rotatable bonds is 4. The number of para-hydroxylation sites is 1. The third-order valence-corrected chi connectivity index (χ3v) is 7.19. The first kappa shape index (κ1) is 17.8. The third kappa shape index (κ3) is 2.75. The molecule has 2 aliphatic rings. The number of hydrogen-bond acceptors (Lipinski definition) is 3. The highest BCUT2D eigenvalue weighted by Crippen LogP contribution is 2.45. The van der Waals surface area contributed by atoms with Gasteiger partial charge < -0.3 is 20.3 Å². The number of benzene rings is 2. The van der Waals surface area contributed by atoms with Crippen LogP contribution in [0.15, 0.2) is 48.7 Å². The summed E-state index contributed by atoms with van der Waals surface area (Å²) < 4.78 is 0. The Balaban J connectivity index is 1.39. The van der Waals surface area contributed by atoms with Crippen LogP contribution >= 0.6 is 0 Å². The molecule has 2 aromatic carbocycles. The molecule has 5 rings (SSSR count). The molecule has 1 aliphatic heterocycles. The molecule has 0 unspecified atom stereocenters. The molecule has 3 aromatic rings. The standard InChI is InChI=1S/C24H29N3O/c1-24-10-12-27(2)22(13-16-7-8-18(28)14-20(16)24)23(24)25-11-9-17-15-26-21-6-4-3-5-19(17)21/h3-8,14-15,22-23,25-26,28H,9-13H2,1-2H3/t22-,23-,24+/m1/s1. The predicted molar refractivity (Wildman–Crippen MR) is 114 cm³/mol. The largest absolute Gasteiger partial charge is 0.508 e. The van der Waals surface area contributed by atoms with Crippen molar-refractivity contribution < 1.29 is 5.11 Å². The van der Waals surface area contributed by atoms with Gasteiger partial charge in [-0.05, 0) is 74.3 Å². The monoisotopic (exact) mass is 375 g/mol. The summed E-state index contributed by atoms with van der Waals surface area (Å²) in [6, 6.07) is 15.4. The molecule has 1 aliphatic carbocycles. The Morgan fingerprint density at radius 1 is 1.25 bits per heavy atom. The molecule has 1 saturated heterocycles. The molecule has 1 aromatic heterocycles. The van der Waals surface area contributed by atoms with E-state index in [2.05, 4.69) is 65.7 Å². The van der Waals surface area contributed by atoms with Crippen molar-refractivity contribution in [1.82, 2.24) is 15.2 Å². The van der Waals surface area contributed by atoms with E-state index < -0.39 is 0 Å². The highest BCUT2D eigenvalue weighted by atomic mass is 16.3. The van der Waals surface area contributed by atoms with Crippen LogP contribution in [-0.2, 0) is 18.3 Å². The smallest absolute Gasteiger partial charge is 0.115 e. The number of aromatic amines is 1. The number of nitrogens with zero attached hydrogens (tertiary/aromatic N) is 1. The number of nitrogens with one attached hydrogen (secondary N) is 2. The summed E-state index contributed by atoms with van der Waals surface area (Å²) >= 11 is 0. The van der Waals surface area contributed by atoms with Crippen LogP contribution in [0, 0.1) is 0 Å². The predicted octanol–water partition coefficient (Wildman–Crippen LogP) is 3.59. The van der Waals surface area contributed by atoms with Crippen molar-refractivity contribution in [3.63, 3.8) is 0 Å². The van der Waals surface area contributed by atoms with Crippen LogP contribution in [0.25, 0.3) is 10.9 Å². The summed E-state index contributed by atoms with van der Waals surface area (Å²) in [5, 5.41) is 15.4. The molecule has 0 radical (unpaired) electrons. The Morgan fingerprint density at radius 2 is 2.11 bits per heavy atom. The summed E-state index contributed by atoms with van der Waals surface area (Å²) in [5.74, 6) is 0.384. The van der Waals surface area contributed by atoms with E-state index in [4.69, 9.17) is 0 Å². The maximum Gasteiger partial charge on any atom is 0.115 e. The van der Waals surface area contributed by atoms with E-state index in [1.807, 2.05) is 12.1 Å². The van der Waals surface area contributed by atoms with E-state index in [1.165, 1.54) is 27.6 Å². The third-order valence-electron chi connectivity index (χ3n) is 7.19. The summed E-state index contributed by atoms with van der Waals surface area (Å²) in [4.78, 5) is 5.90. The van der Waals surface area contributed by atoms with E-state index in [0.717, 1.165) is 32.4 Å². The number of likely N-dealkylation sites (tertiary alicyclic amines) is 1. The number of phenols is 1. The maximum atomic E-state index is 10.1. The summed E-state index contributed by atoms with van der Waals surface area (Å²) in [6.07, 6.45) is 5.32. The van der Waals surface area contributed by atoms with Crippen molar-refractivity contribution in [2.45, 2.75) is 43.7 Å². The fourth-order valence-corrected chi connectivity index (χ4v) is 5.55. The lowest BCUT2D eigenvalue weighted by atomic mass is 9.61. The van der Waals surface area contributed by atoms with Gasteiger partial charge in [-0.15, -0.1) is 0 Å². The van der Waals surface area contributed by atoms with Gasteiger partial charge in [-0.3, -0.25) is 0 Å². The number of aromatic hydroxyl groups is 1. The Labute approximate surface area is 166 Å². The molecule has 2 heterocycles. The van der Waals surface area contributed by atoms with Crippen molar-refractivity contribution in [1.29, 1.82) is 0 Å². The van der Waals surface area contributed by atoms with Crippen LogP contribution in [0.5, 0.6) is 5.75 Å². The SMILES string of the molecule is CN1CC[C@@]2(C)c3cc(O)ccc3C[C@@H]1[C@H]2NCCc1c[nH]c2ccccc12. The second kappa shape index (κ2) is 6.64. The first-order chi connectivity index (χ1) is 13.6. The quantitative estimate of drug-likeness (QED) is 0.653. The van der Waals surface area contributed by atoms with Crippen molar-refractivity contribution in [2.24, 2.45) is 0 Å². The van der Waals surface area contributed by atoms with Crippen LogP contribution in [0.3, 0.4) is 0 Å². The van der Waals surface area contributed by atoms with Crippen LogP contribution < -0.4 is 5.32 Å². The number of hydrogen-bond donors (Lipinski definition) is 3. The molecular weight excluding hydrogens is 346 g/mol. The minimum Gasteiger partial charge on any atom is -0.508 e. The van der Waals surface area contributed by atoms with Gasteiger partial charge in [0.15, 0.2) is 0 Å². The lowest BCUT2D eigenvalue weighted by Gasteiger charge is -2.55. The molecule has 4 nitrogen and oxygen atoms in total. The highest BCUT2D eigenvalue weighted by molar-refractivity contribution is 5.83. The molecule has 0 amide bonds. The van der Waals surface area contributed by atoms with Gasteiger partial charge in [0.2, 0.25) is 0 Å². The molecule has 3 N–H and O–H groups in total. The summed E-state index contributed by atoms with van der Waals surface area (Å²) in [7, 11) is 2.25. The second-order valence-corrected chi connectivity index (χ2v) is 8.80. The molecule has 0 saturated carbocycles. The van der Waals surface area contributed by atoms with E-state index in [0.29, 0.717) is 17.8 Å². The van der Waals surface area contributed by atoms with Crippen molar-refractivity contribution in [2.75, 3.05) is 20.1 Å². The molecule has 4 heteroatoms. The number of phenolic OH excluding ortho intramolecular Hbond substituents is 1. The van der Waals surface area contributed by atoms with Gasteiger partial charge in [-0.1, -0.05) is 31.2 Å². The number of aromatic nitrogens is 1. The Morgan fingerprint density at radius 3 is 3.00 bits per heavy atom. The average molecular weight is 376 g/mol. The molecular formula is C24H29N3O. The zero-order valence-corrected chi connectivity index (χ0v) is 16.7. The number of H-pyrrole nitrogens is 1. The molecule has 2 bridgehead atoms.